The molecule has 3 fully saturated rings. The van der Waals surface area contributed by atoms with Crippen LogP contribution in [0, 0.1) is 23.2 Å². The van der Waals surface area contributed by atoms with Crippen molar-refractivity contribution in [2.45, 2.75) is 81.8 Å². The molecule has 8 nitrogen and oxygen atoms in total. The lowest BCUT2D eigenvalue weighted by atomic mass is 9.84. The van der Waals surface area contributed by atoms with E-state index in [2.05, 4.69) is 22.0 Å². The molecule has 0 aromatic heterocycles. The highest BCUT2D eigenvalue weighted by Crippen LogP contribution is 2.46. The highest BCUT2D eigenvalue weighted by Gasteiger charge is 2.52. The predicted octanol–water partition coefficient (Wildman–Crippen LogP) is 4.49. The van der Waals surface area contributed by atoms with Gasteiger partial charge in [-0.05, 0) is 61.8 Å². The van der Waals surface area contributed by atoms with E-state index < -0.39 is 24.1 Å². The van der Waals surface area contributed by atoms with E-state index in [1.54, 1.807) is 24.3 Å². The van der Waals surface area contributed by atoms with Crippen LogP contribution in [0.15, 0.2) is 30.3 Å². The van der Waals surface area contributed by atoms with Gasteiger partial charge >= 0.3 is 6.09 Å². The van der Waals surface area contributed by atoms with E-state index >= 15 is 0 Å². The van der Waals surface area contributed by atoms with Gasteiger partial charge in [-0.25, -0.2) is 4.79 Å². The summed E-state index contributed by atoms with van der Waals surface area (Å²) < 4.78 is 5.28. The number of alkyl carbamates (subject to hydrolysis) is 1. The van der Waals surface area contributed by atoms with Crippen molar-refractivity contribution in [2.24, 2.45) is 11.8 Å². The molecule has 3 N–H and O–H groups in total. The first kappa shape index (κ1) is 27.0. The van der Waals surface area contributed by atoms with Crippen LogP contribution in [0.1, 0.15) is 69.8 Å². The number of carbonyl (C=O) groups is 3. The number of amides is 3. The van der Waals surface area contributed by atoms with Gasteiger partial charge in [0, 0.05) is 16.5 Å². The summed E-state index contributed by atoms with van der Waals surface area (Å²) in [5, 5.41) is 18.8. The van der Waals surface area contributed by atoms with E-state index in [1.165, 1.54) is 6.42 Å². The summed E-state index contributed by atoms with van der Waals surface area (Å²) in [4.78, 5) is 38.1. The van der Waals surface area contributed by atoms with Gasteiger partial charge in [0.25, 0.3) is 0 Å². The summed E-state index contributed by atoms with van der Waals surface area (Å²) in [5.41, 5.74) is 0.805. The van der Waals surface area contributed by atoms with Crippen molar-refractivity contribution in [3.63, 3.8) is 0 Å². The molecule has 37 heavy (non-hydrogen) atoms. The second-order valence-electron chi connectivity index (χ2n) is 10.6. The molecule has 0 radical (unpaired) electrons. The van der Waals surface area contributed by atoms with Crippen LogP contribution in [0.2, 0.25) is 5.02 Å². The van der Waals surface area contributed by atoms with Crippen molar-refractivity contribution < 1.29 is 19.1 Å². The normalized spacial score (nSPS) is 22.2. The molecule has 0 bridgehead atoms. The average molecular weight is 527 g/mol. The minimum Gasteiger partial charge on any atom is -0.445 e. The van der Waals surface area contributed by atoms with E-state index in [0.717, 1.165) is 44.1 Å². The Morgan fingerprint density at radius 1 is 1.22 bits per heavy atom. The lowest BCUT2D eigenvalue weighted by Crippen LogP contribution is -2.50. The zero-order valence-electron chi connectivity index (χ0n) is 21.0. The fraction of sp³-hybridized carbons (Fsp3) is 0.571. The monoisotopic (exact) mass is 526 g/mol. The molecule has 198 valence electrons. The van der Waals surface area contributed by atoms with E-state index in [0.29, 0.717) is 23.8 Å². The maximum absolute atomic E-state index is 13.2. The molecule has 9 heteroatoms. The summed E-state index contributed by atoms with van der Waals surface area (Å²) in [5.74, 6) is -0.418. The quantitative estimate of drug-likeness (QED) is 0.415. The largest absolute Gasteiger partial charge is 0.445 e. The van der Waals surface area contributed by atoms with Crippen molar-refractivity contribution in [3.05, 3.63) is 40.9 Å². The highest BCUT2D eigenvalue weighted by molar-refractivity contribution is 6.30. The maximum Gasteiger partial charge on any atom is 0.408 e. The van der Waals surface area contributed by atoms with Gasteiger partial charge in [-0.3, -0.25) is 9.59 Å². The smallest absolute Gasteiger partial charge is 0.408 e. The fourth-order valence-corrected chi connectivity index (χ4v) is 5.64. The number of hydrogen-bond acceptors (Lipinski definition) is 5. The molecule has 2 aliphatic carbocycles. The van der Waals surface area contributed by atoms with Gasteiger partial charge in [-0.1, -0.05) is 61.9 Å². The Hall–Kier alpha value is -3.05. The summed E-state index contributed by atoms with van der Waals surface area (Å²) in [6.07, 6.45) is 11.6. The molecule has 1 unspecified atom stereocenters. The molecular weight excluding hydrogens is 492 g/mol. The number of benzene rings is 1. The van der Waals surface area contributed by atoms with E-state index in [9.17, 15) is 19.6 Å². The van der Waals surface area contributed by atoms with E-state index in [1.807, 2.05) is 12.1 Å². The SMILES string of the molecule is N#C[C@H](CC1CC2(CC2)NC1=O)NC(=O)[C@H](CC1CCCCC1)NC(=O)OC/C=C/c1cccc(Cl)c1. The minimum atomic E-state index is -0.810. The van der Waals surface area contributed by atoms with Crippen LogP contribution in [-0.4, -0.2) is 42.1 Å². The number of nitrogens with zero attached hydrogens (tertiary/aromatic N) is 1. The van der Waals surface area contributed by atoms with Crippen LogP contribution in [0.4, 0.5) is 4.79 Å². The van der Waals surface area contributed by atoms with Gasteiger partial charge in [0.2, 0.25) is 11.8 Å². The van der Waals surface area contributed by atoms with Crippen LogP contribution < -0.4 is 16.0 Å². The topological polar surface area (TPSA) is 120 Å². The van der Waals surface area contributed by atoms with Crippen molar-refractivity contribution in [1.82, 2.24) is 16.0 Å². The fourth-order valence-electron chi connectivity index (χ4n) is 5.44. The molecule has 3 atom stereocenters. The molecule has 1 aliphatic heterocycles. The summed E-state index contributed by atoms with van der Waals surface area (Å²) in [6.45, 7) is 0.0372. The highest BCUT2D eigenvalue weighted by atomic mass is 35.5. The first-order chi connectivity index (χ1) is 17.9. The molecule has 3 aliphatic rings. The van der Waals surface area contributed by atoms with Crippen LogP contribution in [0.5, 0.6) is 0 Å². The van der Waals surface area contributed by atoms with Gasteiger partial charge in [0.05, 0.1) is 6.07 Å². The molecule has 1 aromatic rings. The first-order valence-corrected chi connectivity index (χ1v) is 13.6. The number of carbonyl (C=O) groups excluding carboxylic acids is 3. The third-order valence-electron chi connectivity index (χ3n) is 7.61. The van der Waals surface area contributed by atoms with Gasteiger partial charge < -0.3 is 20.7 Å². The second-order valence-corrected chi connectivity index (χ2v) is 11.0. The molecule has 1 saturated heterocycles. The number of halogens is 1. The Morgan fingerprint density at radius 2 is 2.00 bits per heavy atom. The first-order valence-electron chi connectivity index (χ1n) is 13.2. The predicted molar refractivity (Wildman–Crippen MR) is 140 cm³/mol. The average Bonchev–Trinajstić information content (AvgIpc) is 3.56. The van der Waals surface area contributed by atoms with Crippen LogP contribution in [-0.2, 0) is 14.3 Å². The van der Waals surface area contributed by atoms with Crippen molar-refractivity contribution in [3.8, 4) is 6.07 Å². The van der Waals surface area contributed by atoms with Crippen LogP contribution in [0.25, 0.3) is 6.08 Å². The Morgan fingerprint density at radius 3 is 2.68 bits per heavy atom. The van der Waals surface area contributed by atoms with Gasteiger partial charge in [0.15, 0.2) is 0 Å². The van der Waals surface area contributed by atoms with E-state index in [-0.39, 0.29) is 30.4 Å². The third-order valence-corrected chi connectivity index (χ3v) is 7.85. The number of nitrogens with one attached hydrogen (secondary N) is 3. The number of ether oxygens (including phenoxy) is 1. The van der Waals surface area contributed by atoms with Crippen molar-refractivity contribution in [2.75, 3.05) is 6.61 Å². The Bertz CT molecular complexity index is 1060. The molecule has 1 aromatic carbocycles. The molecular formula is C28H35ClN4O4. The zero-order chi connectivity index (χ0) is 26.3. The van der Waals surface area contributed by atoms with Gasteiger partial charge in [0.1, 0.15) is 18.7 Å². The maximum atomic E-state index is 13.2. The Kier molecular flexibility index (Phi) is 9.09. The van der Waals surface area contributed by atoms with Crippen molar-refractivity contribution >= 4 is 35.6 Å². The van der Waals surface area contributed by atoms with Gasteiger partial charge in [-0.2, -0.15) is 5.26 Å². The molecule has 3 amide bonds. The van der Waals surface area contributed by atoms with Gasteiger partial charge in [-0.15, -0.1) is 0 Å². The molecule has 1 heterocycles. The van der Waals surface area contributed by atoms with Crippen LogP contribution >= 0.6 is 11.6 Å². The summed E-state index contributed by atoms with van der Waals surface area (Å²) in [7, 11) is 0. The summed E-state index contributed by atoms with van der Waals surface area (Å²) in [6, 6.07) is 7.82. The van der Waals surface area contributed by atoms with Crippen LogP contribution in [0.3, 0.4) is 0 Å². The zero-order valence-corrected chi connectivity index (χ0v) is 21.8. The van der Waals surface area contributed by atoms with Crippen molar-refractivity contribution in [1.29, 1.82) is 5.26 Å². The number of hydrogen-bond donors (Lipinski definition) is 3. The standard InChI is InChI=1S/C28H35ClN4O4/c29-22-10-4-8-19(14-22)9-5-13-37-27(36)32-24(15-20-6-2-1-3-7-20)26(35)31-23(18-30)16-21-17-28(11-12-28)33-25(21)34/h4-5,8-10,14,20-21,23-24H,1-3,6-7,11-13,15-17H2,(H,31,35)(H,32,36)(H,33,34)/b9-5+/t21?,23-,24-/m0/s1. The minimum absolute atomic E-state index is 0.0372. The number of rotatable bonds is 10. The number of nitriles is 1. The molecule has 1 spiro atoms. The Labute approximate surface area is 223 Å². The Balaban J connectivity index is 1.31. The lowest BCUT2D eigenvalue weighted by molar-refractivity contribution is -0.125. The summed E-state index contributed by atoms with van der Waals surface area (Å²) >= 11 is 5.98. The lowest BCUT2D eigenvalue weighted by Gasteiger charge is -2.27. The second kappa shape index (κ2) is 12.5. The van der Waals surface area contributed by atoms with E-state index in [4.69, 9.17) is 16.3 Å². The molecule has 4 rings (SSSR count). The molecule has 2 saturated carbocycles. The third kappa shape index (κ3) is 7.96.